The second-order valence-corrected chi connectivity index (χ2v) is 5.76. The molecule has 0 bridgehead atoms. The third kappa shape index (κ3) is 2.84. The van der Waals surface area contributed by atoms with Crippen LogP contribution >= 0.6 is 0 Å². The van der Waals surface area contributed by atoms with Crippen LogP contribution in [0.15, 0.2) is 18.2 Å². The fourth-order valence-electron chi connectivity index (χ4n) is 2.23. The minimum Gasteiger partial charge on any atom is -0.0599 e. The summed E-state index contributed by atoms with van der Waals surface area (Å²) in [5.74, 6) is 0. The van der Waals surface area contributed by atoms with E-state index in [4.69, 9.17) is 0 Å². The number of benzene rings is 1. The van der Waals surface area contributed by atoms with Gasteiger partial charge in [-0.1, -0.05) is 39.0 Å². The third-order valence-corrected chi connectivity index (χ3v) is 2.85. The van der Waals surface area contributed by atoms with Gasteiger partial charge in [0.2, 0.25) is 0 Å². The second-order valence-electron chi connectivity index (χ2n) is 5.76. The lowest BCUT2D eigenvalue weighted by Gasteiger charge is -2.21. The van der Waals surface area contributed by atoms with Crippen LogP contribution in [0.2, 0.25) is 0 Å². The van der Waals surface area contributed by atoms with Crippen molar-refractivity contribution in [3.8, 4) is 0 Å². The van der Waals surface area contributed by atoms with Crippen LogP contribution in [-0.4, -0.2) is 0 Å². The van der Waals surface area contributed by atoms with Crippen LogP contribution in [0.25, 0.3) is 0 Å². The Labute approximate surface area is 93.7 Å². The van der Waals surface area contributed by atoms with Gasteiger partial charge < -0.3 is 0 Å². The van der Waals surface area contributed by atoms with Crippen molar-refractivity contribution < 1.29 is 0 Å². The molecule has 0 saturated heterocycles. The van der Waals surface area contributed by atoms with E-state index in [0.717, 1.165) is 12.8 Å². The van der Waals surface area contributed by atoms with Crippen LogP contribution in [0.4, 0.5) is 0 Å². The first-order chi connectivity index (χ1) is 7.04. The predicted octanol–water partition coefficient (Wildman–Crippen LogP) is 4.04. The maximum absolute atomic E-state index is 3.49. The van der Waals surface area contributed by atoms with Gasteiger partial charge in [0.05, 0.1) is 0 Å². The van der Waals surface area contributed by atoms with E-state index in [-0.39, 0.29) is 0 Å². The molecule has 0 unspecified atom stereocenters. The molecule has 0 aliphatic heterocycles. The van der Waals surface area contributed by atoms with Gasteiger partial charge in [0.25, 0.3) is 0 Å². The maximum Gasteiger partial charge on any atom is 0.0167 e. The Kier molecular flexibility index (Phi) is 2.86. The number of rotatable bonds is 1. The summed E-state index contributed by atoms with van der Waals surface area (Å²) in [7, 11) is 0. The summed E-state index contributed by atoms with van der Waals surface area (Å²) in [4.78, 5) is 0. The highest BCUT2D eigenvalue weighted by Gasteiger charge is 2.14. The molecule has 0 N–H and O–H groups in total. The Hall–Kier alpha value is -0.780. The van der Waals surface area contributed by atoms with Crippen LogP contribution in [0.5, 0.6) is 0 Å². The molecule has 1 aliphatic carbocycles. The van der Waals surface area contributed by atoms with E-state index in [2.05, 4.69) is 45.4 Å². The first kappa shape index (κ1) is 10.7. The Morgan fingerprint density at radius 3 is 2.80 bits per heavy atom. The number of hydrogen-bond donors (Lipinski definition) is 0. The Morgan fingerprint density at radius 2 is 2.07 bits per heavy atom. The topological polar surface area (TPSA) is 0 Å². The first-order valence-corrected chi connectivity index (χ1v) is 5.90. The van der Waals surface area contributed by atoms with Crippen LogP contribution in [-0.2, 0) is 12.8 Å². The molecule has 0 saturated carbocycles. The summed E-state index contributed by atoms with van der Waals surface area (Å²) >= 11 is 0. The van der Waals surface area contributed by atoms with Gasteiger partial charge in [0, 0.05) is 6.42 Å². The molecule has 0 heterocycles. The fourth-order valence-corrected chi connectivity index (χ4v) is 2.23. The van der Waals surface area contributed by atoms with Crippen molar-refractivity contribution in [2.75, 3.05) is 0 Å². The molecule has 2 radical (unpaired) electrons. The van der Waals surface area contributed by atoms with Crippen LogP contribution in [0.3, 0.4) is 0 Å². The van der Waals surface area contributed by atoms with E-state index in [9.17, 15) is 0 Å². The van der Waals surface area contributed by atoms with Crippen molar-refractivity contribution in [3.05, 3.63) is 41.3 Å². The number of hydrogen-bond acceptors (Lipinski definition) is 0. The standard InChI is InChI=1S/C15H20/c1-15(2,3)11-12-8-9-13-6-4-5-7-14(13)10-12/h8-10H,4-6,11H2,1-3H3. The van der Waals surface area contributed by atoms with E-state index < -0.39 is 0 Å². The molecule has 0 fully saturated rings. The largest absolute Gasteiger partial charge is 0.0599 e. The SMILES string of the molecule is CC(C)(C)Cc1ccc2c(c1)[C]CCC2. The van der Waals surface area contributed by atoms with Crippen molar-refractivity contribution >= 4 is 0 Å². The molecular formula is C15H20. The lowest BCUT2D eigenvalue weighted by molar-refractivity contribution is 0.411. The van der Waals surface area contributed by atoms with Gasteiger partial charge in [0.1, 0.15) is 0 Å². The summed E-state index contributed by atoms with van der Waals surface area (Å²) in [6, 6.07) is 6.92. The molecular weight excluding hydrogens is 180 g/mol. The van der Waals surface area contributed by atoms with Gasteiger partial charge in [-0.2, -0.15) is 0 Å². The lowest BCUT2D eigenvalue weighted by atomic mass is 9.84. The van der Waals surface area contributed by atoms with Crippen LogP contribution < -0.4 is 0 Å². The molecule has 0 nitrogen and oxygen atoms in total. The van der Waals surface area contributed by atoms with E-state index in [1.165, 1.54) is 29.5 Å². The van der Waals surface area contributed by atoms with E-state index in [1.807, 2.05) is 0 Å². The van der Waals surface area contributed by atoms with Gasteiger partial charge in [-0.15, -0.1) is 0 Å². The first-order valence-electron chi connectivity index (χ1n) is 5.90. The van der Waals surface area contributed by atoms with Crippen molar-refractivity contribution in [1.29, 1.82) is 0 Å². The Balaban J connectivity index is 2.21. The summed E-state index contributed by atoms with van der Waals surface area (Å²) in [6.45, 7) is 6.87. The van der Waals surface area contributed by atoms with Gasteiger partial charge in [-0.25, -0.2) is 0 Å². The van der Waals surface area contributed by atoms with Crippen molar-refractivity contribution in [2.45, 2.75) is 46.5 Å². The van der Waals surface area contributed by atoms with Gasteiger partial charge >= 0.3 is 0 Å². The number of fused-ring (bicyclic) bond motifs is 1. The zero-order valence-electron chi connectivity index (χ0n) is 10.1. The van der Waals surface area contributed by atoms with E-state index in [0.29, 0.717) is 5.41 Å². The fraction of sp³-hybridized carbons (Fsp3) is 0.533. The molecule has 1 aliphatic rings. The van der Waals surface area contributed by atoms with Gasteiger partial charge in [-0.05, 0) is 47.8 Å². The second kappa shape index (κ2) is 4.00. The molecule has 0 aromatic heterocycles. The normalized spacial score (nSPS) is 16.2. The Bertz CT molecular complexity index is 342. The predicted molar refractivity (Wildman–Crippen MR) is 64.9 cm³/mol. The minimum absolute atomic E-state index is 0.378. The third-order valence-electron chi connectivity index (χ3n) is 2.85. The summed E-state index contributed by atoms with van der Waals surface area (Å²) in [5, 5.41) is 0. The van der Waals surface area contributed by atoms with Crippen molar-refractivity contribution in [3.63, 3.8) is 0 Å². The summed E-state index contributed by atoms with van der Waals surface area (Å²) in [6.07, 6.45) is 8.28. The number of aryl methyl sites for hydroxylation is 1. The quantitative estimate of drug-likeness (QED) is 0.642. The van der Waals surface area contributed by atoms with Crippen LogP contribution in [0.1, 0.15) is 50.3 Å². The van der Waals surface area contributed by atoms with E-state index >= 15 is 0 Å². The highest BCUT2D eigenvalue weighted by atomic mass is 14.2. The summed E-state index contributed by atoms with van der Waals surface area (Å²) in [5.41, 5.74) is 4.68. The summed E-state index contributed by atoms with van der Waals surface area (Å²) < 4.78 is 0. The van der Waals surface area contributed by atoms with Gasteiger partial charge in [0.15, 0.2) is 0 Å². The Morgan fingerprint density at radius 1 is 1.27 bits per heavy atom. The molecule has 0 spiro atoms. The molecule has 0 amide bonds. The van der Waals surface area contributed by atoms with Gasteiger partial charge in [-0.3, -0.25) is 0 Å². The molecule has 0 heteroatoms. The van der Waals surface area contributed by atoms with Crippen molar-refractivity contribution in [1.82, 2.24) is 0 Å². The monoisotopic (exact) mass is 200 g/mol. The molecule has 15 heavy (non-hydrogen) atoms. The molecule has 0 atom stereocenters. The highest BCUT2D eigenvalue weighted by molar-refractivity contribution is 5.38. The zero-order chi connectivity index (χ0) is 10.9. The zero-order valence-corrected chi connectivity index (χ0v) is 10.1. The lowest BCUT2D eigenvalue weighted by Crippen LogP contribution is -2.10. The van der Waals surface area contributed by atoms with Crippen molar-refractivity contribution in [2.24, 2.45) is 5.41 Å². The van der Waals surface area contributed by atoms with Crippen LogP contribution in [0, 0.1) is 11.8 Å². The minimum atomic E-state index is 0.378. The molecule has 1 aromatic rings. The average Bonchev–Trinajstić information content (AvgIpc) is 2.15. The smallest absolute Gasteiger partial charge is 0.0167 e. The molecule has 2 rings (SSSR count). The molecule has 80 valence electrons. The highest BCUT2D eigenvalue weighted by Crippen LogP contribution is 2.27. The van der Waals surface area contributed by atoms with E-state index in [1.54, 1.807) is 0 Å². The average molecular weight is 200 g/mol. The maximum atomic E-state index is 3.49. The molecule has 1 aromatic carbocycles.